The molecule has 0 aliphatic heterocycles. The molecule has 0 aromatic heterocycles. The Bertz CT molecular complexity index is 3180. The molecule has 0 N–H and O–H groups in total. The molecule has 56 heavy (non-hydrogen) atoms. The first-order chi connectivity index (χ1) is 27.8. The van der Waals surface area contributed by atoms with Gasteiger partial charge in [0.05, 0.1) is 0 Å². The van der Waals surface area contributed by atoms with Gasteiger partial charge in [-0.25, -0.2) is 0 Å². The van der Waals surface area contributed by atoms with Gasteiger partial charge >= 0.3 is 0 Å². The van der Waals surface area contributed by atoms with Crippen molar-refractivity contribution < 1.29 is 0 Å². The SMILES string of the molecule is c1ccc(-c2c3ccccc3c(-c3cccc(-c4cccc(-c5c6ccccc6c(-c6ccc7ccccc7c6)c6ccccc56)c4)c3)c3ccccc23)cc1. The number of rotatable bonds is 5. The van der Waals surface area contributed by atoms with Gasteiger partial charge in [-0.15, -0.1) is 0 Å². The van der Waals surface area contributed by atoms with E-state index >= 15 is 0 Å². The molecule has 0 spiro atoms. The van der Waals surface area contributed by atoms with E-state index in [9.17, 15) is 0 Å². The number of hydrogen-bond donors (Lipinski definition) is 0. The second-order valence-electron chi connectivity index (χ2n) is 14.8. The third-order valence-corrected chi connectivity index (χ3v) is 11.6. The molecule has 0 amide bonds. The van der Waals surface area contributed by atoms with Crippen LogP contribution in [-0.2, 0) is 0 Å². The summed E-state index contributed by atoms with van der Waals surface area (Å²) in [5, 5.41) is 12.6. The second-order valence-corrected chi connectivity index (χ2v) is 14.8. The molecule has 260 valence electrons. The van der Waals surface area contributed by atoms with Gasteiger partial charge in [0.2, 0.25) is 0 Å². The summed E-state index contributed by atoms with van der Waals surface area (Å²) >= 11 is 0. The van der Waals surface area contributed by atoms with Gasteiger partial charge < -0.3 is 0 Å². The van der Waals surface area contributed by atoms with Crippen LogP contribution in [0.3, 0.4) is 0 Å². The van der Waals surface area contributed by atoms with Gasteiger partial charge in [-0.3, -0.25) is 0 Å². The zero-order valence-corrected chi connectivity index (χ0v) is 30.8. The summed E-state index contributed by atoms with van der Waals surface area (Å²) in [6, 6.07) is 80.3. The first-order valence-corrected chi connectivity index (χ1v) is 19.4. The van der Waals surface area contributed by atoms with Crippen molar-refractivity contribution in [3.63, 3.8) is 0 Å². The fourth-order valence-electron chi connectivity index (χ4n) is 9.16. The molecule has 0 fully saturated rings. The lowest BCUT2D eigenvalue weighted by atomic mass is 9.84. The molecule has 0 bridgehead atoms. The molecule has 0 saturated heterocycles. The lowest BCUT2D eigenvalue weighted by molar-refractivity contribution is 1.60. The lowest BCUT2D eigenvalue weighted by Crippen LogP contribution is -1.92. The Kier molecular flexibility index (Phi) is 7.60. The maximum absolute atomic E-state index is 2.39. The minimum absolute atomic E-state index is 1.20. The summed E-state index contributed by atoms with van der Waals surface area (Å²) in [6.07, 6.45) is 0. The molecule has 0 nitrogen and oxygen atoms in total. The van der Waals surface area contributed by atoms with Crippen LogP contribution in [-0.4, -0.2) is 0 Å². The minimum atomic E-state index is 1.20. The zero-order valence-electron chi connectivity index (χ0n) is 30.8. The minimum Gasteiger partial charge on any atom is -0.0622 e. The third kappa shape index (κ3) is 5.22. The molecule has 0 atom stereocenters. The largest absolute Gasteiger partial charge is 0.0622 e. The van der Waals surface area contributed by atoms with Crippen LogP contribution in [0.5, 0.6) is 0 Å². The summed E-state index contributed by atoms with van der Waals surface area (Å²) in [5.41, 5.74) is 12.4. The van der Waals surface area contributed by atoms with E-state index in [4.69, 9.17) is 0 Å². The summed E-state index contributed by atoms with van der Waals surface area (Å²) in [6.45, 7) is 0. The van der Waals surface area contributed by atoms with Gasteiger partial charge in [-0.05, 0) is 128 Å². The molecule has 11 aromatic carbocycles. The van der Waals surface area contributed by atoms with Crippen LogP contribution in [0.25, 0.3) is 109 Å². The molecule has 0 radical (unpaired) electrons. The highest BCUT2D eigenvalue weighted by Gasteiger charge is 2.19. The van der Waals surface area contributed by atoms with Crippen LogP contribution in [0.1, 0.15) is 0 Å². The highest BCUT2D eigenvalue weighted by molar-refractivity contribution is 6.23. The Morgan fingerprint density at radius 1 is 0.161 bits per heavy atom. The fourth-order valence-corrected chi connectivity index (χ4v) is 9.16. The molecule has 0 heteroatoms. The van der Waals surface area contributed by atoms with Gasteiger partial charge in [0.1, 0.15) is 0 Å². The summed E-state index contributed by atoms with van der Waals surface area (Å²) in [4.78, 5) is 0. The maximum atomic E-state index is 2.39. The fraction of sp³-hybridized carbons (Fsp3) is 0. The summed E-state index contributed by atoms with van der Waals surface area (Å²) in [7, 11) is 0. The quantitative estimate of drug-likeness (QED) is 0.156. The number of fused-ring (bicyclic) bond motifs is 5. The zero-order chi connectivity index (χ0) is 37.0. The van der Waals surface area contributed by atoms with Gasteiger partial charge in [0, 0.05) is 0 Å². The molecule has 11 rings (SSSR count). The summed E-state index contributed by atoms with van der Waals surface area (Å²) in [5.74, 6) is 0. The molecule has 0 aliphatic rings. The average Bonchev–Trinajstić information content (AvgIpc) is 3.27. The molecular formula is C56H36. The first kappa shape index (κ1) is 32.2. The molecule has 0 saturated carbocycles. The van der Waals surface area contributed by atoms with Crippen molar-refractivity contribution in [1.82, 2.24) is 0 Å². The van der Waals surface area contributed by atoms with Gasteiger partial charge in [0.15, 0.2) is 0 Å². The maximum Gasteiger partial charge on any atom is -0.00262 e. The number of hydrogen-bond acceptors (Lipinski definition) is 0. The van der Waals surface area contributed by atoms with E-state index in [1.165, 1.54) is 109 Å². The molecular weight excluding hydrogens is 673 g/mol. The summed E-state index contributed by atoms with van der Waals surface area (Å²) < 4.78 is 0. The second kappa shape index (κ2) is 13.2. The smallest absolute Gasteiger partial charge is 0.00262 e. The van der Waals surface area contributed by atoms with Crippen LogP contribution in [0.2, 0.25) is 0 Å². The van der Waals surface area contributed by atoms with E-state index in [2.05, 4.69) is 218 Å². The van der Waals surface area contributed by atoms with Crippen LogP contribution in [0.15, 0.2) is 218 Å². The average molecular weight is 709 g/mol. The van der Waals surface area contributed by atoms with Crippen LogP contribution >= 0.6 is 0 Å². The Morgan fingerprint density at radius 3 is 0.893 bits per heavy atom. The van der Waals surface area contributed by atoms with E-state index in [0.717, 1.165) is 0 Å². The van der Waals surface area contributed by atoms with E-state index in [0.29, 0.717) is 0 Å². The van der Waals surface area contributed by atoms with Crippen molar-refractivity contribution in [2.75, 3.05) is 0 Å². The molecule has 0 aliphatic carbocycles. The highest BCUT2D eigenvalue weighted by Crippen LogP contribution is 2.46. The van der Waals surface area contributed by atoms with Gasteiger partial charge in [0.25, 0.3) is 0 Å². The number of benzene rings is 11. The monoisotopic (exact) mass is 708 g/mol. The Balaban J connectivity index is 1.09. The third-order valence-electron chi connectivity index (χ3n) is 11.6. The molecule has 0 heterocycles. The van der Waals surface area contributed by atoms with Gasteiger partial charge in [-0.2, -0.15) is 0 Å². The van der Waals surface area contributed by atoms with Crippen LogP contribution < -0.4 is 0 Å². The Labute approximate surface area is 326 Å². The predicted molar refractivity (Wildman–Crippen MR) is 241 cm³/mol. The van der Waals surface area contributed by atoms with Crippen molar-refractivity contribution in [3.8, 4) is 55.6 Å². The highest BCUT2D eigenvalue weighted by atomic mass is 14.2. The standard InChI is InChI=1S/C56H36/c1-2-17-38(18-3-1)53-45-24-6-8-26-47(45)54(48-27-9-7-25-46(48)53)42-22-14-20-40(35-42)41-21-15-23-43(36-41)55-49-28-10-12-30-51(49)56(52-31-13-11-29-50(52)55)44-33-32-37-16-4-5-19-39(37)34-44/h1-36H. The van der Waals surface area contributed by atoms with Crippen molar-refractivity contribution in [3.05, 3.63) is 218 Å². The van der Waals surface area contributed by atoms with Crippen molar-refractivity contribution >= 4 is 53.9 Å². The normalized spacial score (nSPS) is 11.6. The van der Waals surface area contributed by atoms with Gasteiger partial charge in [-0.1, -0.05) is 200 Å². The first-order valence-electron chi connectivity index (χ1n) is 19.4. The Morgan fingerprint density at radius 2 is 0.464 bits per heavy atom. The van der Waals surface area contributed by atoms with Crippen molar-refractivity contribution in [2.24, 2.45) is 0 Å². The topological polar surface area (TPSA) is 0 Å². The lowest BCUT2D eigenvalue weighted by Gasteiger charge is -2.19. The molecule has 0 unspecified atom stereocenters. The van der Waals surface area contributed by atoms with Crippen LogP contribution in [0, 0.1) is 0 Å². The van der Waals surface area contributed by atoms with Crippen molar-refractivity contribution in [1.29, 1.82) is 0 Å². The Hall–Kier alpha value is -7.28. The van der Waals surface area contributed by atoms with E-state index in [1.54, 1.807) is 0 Å². The van der Waals surface area contributed by atoms with E-state index in [-0.39, 0.29) is 0 Å². The van der Waals surface area contributed by atoms with E-state index < -0.39 is 0 Å². The van der Waals surface area contributed by atoms with Crippen molar-refractivity contribution in [2.45, 2.75) is 0 Å². The van der Waals surface area contributed by atoms with Crippen LogP contribution in [0.4, 0.5) is 0 Å². The molecule has 11 aromatic rings. The predicted octanol–water partition coefficient (Wildman–Crippen LogP) is 15.8. The van der Waals surface area contributed by atoms with E-state index in [1.807, 2.05) is 0 Å².